The van der Waals surface area contributed by atoms with Crippen LogP contribution < -0.4 is 9.47 Å². The van der Waals surface area contributed by atoms with Gasteiger partial charge in [0.05, 0.1) is 25.3 Å². The number of nitrogens with zero attached hydrogens (tertiary/aromatic N) is 4. The Morgan fingerprint density at radius 1 is 1.30 bits per heavy atom. The van der Waals surface area contributed by atoms with E-state index >= 15 is 0 Å². The van der Waals surface area contributed by atoms with Gasteiger partial charge in [-0.3, -0.25) is 9.69 Å². The monoisotopic (exact) mass is 488 g/mol. The molecule has 1 aromatic carbocycles. The zero-order valence-electron chi connectivity index (χ0n) is 18.5. The minimum atomic E-state index is -0.0444. The predicted molar refractivity (Wildman–Crippen MR) is 128 cm³/mol. The largest absolute Gasteiger partial charge is 0.491 e. The molecule has 0 unspecified atom stereocenters. The quantitative estimate of drug-likeness (QED) is 0.439. The molecule has 0 aliphatic carbocycles. The summed E-state index contributed by atoms with van der Waals surface area (Å²) in [5.74, 6) is 2.18. The topological polar surface area (TPSA) is 80.9 Å². The van der Waals surface area contributed by atoms with E-state index in [9.17, 15) is 4.79 Å². The van der Waals surface area contributed by atoms with Crippen molar-refractivity contribution in [3.8, 4) is 22.9 Å². The average Bonchev–Trinajstić information content (AvgIpc) is 3.50. The molecule has 0 radical (unpaired) electrons. The molecular formula is C23H25ClN4O4S. The Bertz CT molecular complexity index is 1110. The Balaban J connectivity index is 1.31. The number of thiophene rings is 1. The molecule has 10 heteroatoms. The number of hydrogen-bond donors (Lipinski definition) is 0. The van der Waals surface area contributed by atoms with E-state index in [1.165, 1.54) is 0 Å². The Kier molecular flexibility index (Phi) is 7.64. The highest BCUT2D eigenvalue weighted by Gasteiger charge is 2.22. The Morgan fingerprint density at radius 2 is 2.12 bits per heavy atom. The van der Waals surface area contributed by atoms with Crippen molar-refractivity contribution in [3.63, 3.8) is 0 Å². The fourth-order valence-electron chi connectivity index (χ4n) is 3.56. The Hall–Kier alpha value is -2.88. The van der Waals surface area contributed by atoms with Gasteiger partial charge < -0.3 is 18.9 Å². The number of amides is 1. The first-order chi connectivity index (χ1) is 16.1. The summed E-state index contributed by atoms with van der Waals surface area (Å²) in [5.41, 5.74) is 1.73. The first-order valence-electron chi connectivity index (χ1n) is 10.6. The van der Waals surface area contributed by atoms with Gasteiger partial charge in [-0.15, -0.1) is 0 Å². The molecule has 0 bridgehead atoms. The number of benzene rings is 1. The van der Waals surface area contributed by atoms with Crippen LogP contribution in [0.1, 0.15) is 18.4 Å². The van der Waals surface area contributed by atoms with Crippen LogP contribution in [0.5, 0.6) is 11.5 Å². The van der Waals surface area contributed by atoms with Crippen molar-refractivity contribution < 1.29 is 18.8 Å². The molecule has 2 aromatic heterocycles. The summed E-state index contributed by atoms with van der Waals surface area (Å²) in [7, 11) is 1.55. The van der Waals surface area contributed by atoms with E-state index in [4.69, 9.17) is 25.6 Å². The third-order valence-electron chi connectivity index (χ3n) is 5.24. The van der Waals surface area contributed by atoms with Gasteiger partial charge in [0.1, 0.15) is 0 Å². The average molecular weight is 489 g/mol. The lowest BCUT2D eigenvalue weighted by molar-refractivity contribution is -0.127. The number of aromatic nitrogens is 2. The van der Waals surface area contributed by atoms with E-state index < -0.39 is 0 Å². The molecule has 3 heterocycles. The number of piperazine rings is 1. The molecule has 33 heavy (non-hydrogen) atoms. The Labute approximate surface area is 201 Å². The highest BCUT2D eigenvalue weighted by atomic mass is 35.5. The molecule has 1 fully saturated rings. The molecular weight excluding hydrogens is 464 g/mol. The SMILES string of the molecule is CCOc1cc(C=CC(=O)N2CCN(Cc3nc(-c4ccsc4)no3)CC2)cc(Cl)c1OC. The number of carbonyl (C=O) groups is 1. The summed E-state index contributed by atoms with van der Waals surface area (Å²) in [4.78, 5) is 21.2. The van der Waals surface area contributed by atoms with Crippen molar-refractivity contribution in [3.05, 3.63) is 51.5 Å². The van der Waals surface area contributed by atoms with Crippen LogP contribution in [0.25, 0.3) is 17.5 Å². The minimum absolute atomic E-state index is 0.0444. The van der Waals surface area contributed by atoms with E-state index in [2.05, 4.69) is 15.0 Å². The number of halogens is 1. The summed E-state index contributed by atoms with van der Waals surface area (Å²) < 4.78 is 16.3. The van der Waals surface area contributed by atoms with Crippen LogP contribution in [0.15, 0.2) is 39.6 Å². The summed E-state index contributed by atoms with van der Waals surface area (Å²) >= 11 is 7.89. The molecule has 1 saturated heterocycles. The fourth-order valence-corrected chi connectivity index (χ4v) is 4.49. The molecule has 174 valence electrons. The number of carbonyl (C=O) groups excluding carboxylic acids is 1. The van der Waals surface area contributed by atoms with E-state index in [0.717, 1.165) is 24.2 Å². The smallest absolute Gasteiger partial charge is 0.246 e. The fraction of sp³-hybridized carbons (Fsp3) is 0.348. The van der Waals surface area contributed by atoms with Gasteiger partial charge in [-0.1, -0.05) is 16.8 Å². The molecule has 0 atom stereocenters. The third-order valence-corrected chi connectivity index (χ3v) is 6.21. The second-order valence-corrected chi connectivity index (χ2v) is 8.61. The first-order valence-corrected chi connectivity index (χ1v) is 11.9. The van der Waals surface area contributed by atoms with Gasteiger partial charge in [-0.25, -0.2) is 0 Å². The molecule has 1 amide bonds. The first kappa shape index (κ1) is 23.3. The van der Waals surface area contributed by atoms with Crippen LogP contribution in [-0.2, 0) is 11.3 Å². The summed E-state index contributed by atoms with van der Waals surface area (Å²) in [6, 6.07) is 5.53. The molecule has 4 rings (SSSR count). The minimum Gasteiger partial charge on any atom is -0.491 e. The maximum absolute atomic E-state index is 12.7. The number of methoxy groups -OCH3 is 1. The maximum atomic E-state index is 12.7. The maximum Gasteiger partial charge on any atom is 0.246 e. The van der Waals surface area contributed by atoms with Crippen LogP contribution in [0.3, 0.4) is 0 Å². The second kappa shape index (κ2) is 10.8. The zero-order chi connectivity index (χ0) is 23.2. The lowest BCUT2D eigenvalue weighted by Crippen LogP contribution is -2.47. The van der Waals surface area contributed by atoms with Gasteiger partial charge in [-0.05, 0) is 42.1 Å². The number of hydrogen-bond acceptors (Lipinski definition) is 8. The summed E-state index contributed by atoms with van der Waals surface area (Å²) in [6.07, 6.45) is 3.31. The number of rotatable bonds is 8. The van der Waals surface area contributed by atoms with Crippen LogP contribution in [0.2, 0.25) is 5.02 Å². The van der Waals surface area contributed by atoms with Gasteiger partial charge in [0, 0.05) is 43.2 Å². The van der Waals surface area contributed by atoms with Crippen molar-refractivity contribution in [2.24, 2.45) is 0 Å². The lowest BCUT2D eigenvalue weighted by Gasteiger charge is -2.33. The molecule has 8 nitrogen and oxygen atoms in total. The van der Waals surface area contributed by atoms with E-state index in [-0.39, 0.29) is 5.91 Å². The zero-order valence-corrected chi connectivity index (χ0v) is 20.1. The normalized spacial score (nSPS) is 14.7. The molecule has 0 N–H and O–H groups in total. The van der Waals surface area contributed by atoms with Crippen LogP contribution >= 0.6 is 22.9 Å². The van der Waals surface area contributed by atoms with E-state index in [0.29, 0.717) is 54.5 Å². The van der Waals surface area contributed by atoms with Crippen molar-refractivity contribution in [1.82, 2.24) is 19.9 Å². The van der Waals surface area contributed by atoms with Gasteiger partial charge in [-0.2, -0.15) is 16.3 Å². The van der Waals surface area contributed by atoms with Gasteiger partial charge >= 0.3 is 0 Å². The van der Waals surface area contributed by atoms with Gasteiger partial charge in [0.25, 0.3) is 0 Å². The lowest BCUT2D eigenvalue weighted by atomic mass is 10.1. The van der Waals surface area contributed by atoms with Crippen LogP contribution in [-0.4, -0.2) is 65.7 Å². The van der Waals surface area contributed by atoms with Crippen molar-refractivity contribution in [2.75, 3.05) is 39.9 Å². The highest BCUT2D eigenvalue weighted by molar-refractivity contribution is 7.08. The summed E-state index contributed by atoms with van der Waals surface area (Å²) in [6.45, 7) is 5.67. The molecule has 0 saturated carbocycles. The molecule has 3 aromatic rings. The van der Waals surface area contributed by atoms with Crippen molar-refractivity contribution >= 4 is 34.9 Å². The van der Waals surface area contributed by atoms with Gasteiger partial charge in [0.15, 0.2) is 11.5 Å². The molecule has 1 aliphatic heterocycles. The molecule has 1 aliphatic rings. The molecule has 0 spiro atoms. The van der Waals surface area contributed by atoms with Crippen LogP contribution in [0.4, 0.5) is 0 Å². The second-order valence-electron chi connectivity index (χ2n) is 7.43. The van der Waals surface area contributed by atoms with E-state index in [1.54, 1.807) is 36.7 Å². The number of ether oxygens (including phenoxy) is 2. The van der Waals surface area contributed by atoms with Crippen molar-refractivity contribution in [1.29, 1.82) is 0 Å². The summed E-state index contributed by atoms with van der Waals surface area (Å²) in [5, 5.41) is 8.46. The highest BCUT2D eigenvalue weighted by Crippen LogP contribution is 2.36. The van der Waals surface area contributed by atoms with Crippen molar-refractivity contribution in [2.45, 2.75) is 13.5 Å². The Morgan fingerprint density at radius 3 is 2.82 bits per heavy atom. The standard InChI is InChI=1S/C23H25ClN4O4S/c1-3-31-19-13-16(12-18(24)22(19)30-2)4-5-21(29)28-9-7-27(8-10-28)14-20-25-23(26-32-20)17-6-11-33-15-17/h4-6,11-13,15H,3,7-10,14H2,1-2H3. The predicted octanol–water partition coefficient (Wildman–Crippen LogP) is 4.22. The van der Waals surface area contributed by atoms with Crippen LogP contribution in [0, 0.1) is 0 Å². The third kappa shape index (κ3) is 5.73. The van der Waals surface area contributed by atoms with Gasteiger partial charge in [0.2, 0.25) is 17.6 Å². The van der Waals surface area contributed by atoms with E-state index in [1.807, 2.05) is 34.7 Å².